The van der Waals surface area contributed by atoms with Gasteiger partial charge in [-0.3, -0.25) is 0 Å². The van der Waals surface area contributed by atoms with Gasteiger partial charge in [0.15, 0.2) is 0 Å². The fraction of sp³-hybridized carbons (Fsp3) is 0. The van der Waals surface area contributed by atoms with Gasteiger partial charge in [-0.1, -0.05) is 108 Å². The van der Waals surface area contributed by atoms with Crippen molar-refractivity contribution in [2.45, 2.75) is 0 Å². The van der Waals surface area contributed by atoms with Gasteiger partial charge in [0.1, 0.15) is 0 Å². The van der Waals surface area contributed by atoms with Gasteiger partial charge in [0, 0.05) is 44.8 Å². The number of hydrogen-bond acceptors (Lipinski definition) is 0. The van der Waals surface area contributed by atoms with Crippen LogP contribution in [0.4, 0.5) is 0 Å². The van der Waals surface area contributed by atoms with Crippen molar-refractivity contribution in [3.63, 3.8) is 0 Å². The lowest BCUT2D eigenvalue weighted by molar-refractivity contribution is 1.12. The highest BCUT2D eigenvalue weighted by Crippen LogP contribution is 2.32. The van der Waals surface area contributed by atoms with Crippen LogP contribution in [0.15, 0.2) is 206 Å². The van der Waals surface area contributed by atoms with E-state index in [1.807, 2.05) is 24.3 Å². The van der Waals surface area contributed by atoms with E-state index in [0.717, 1.165) is 66.9 Å². The molecule has 0 unspecified atom stereocenters. The predicted molar refractivity (Wildman–Crippen MR) is 228 cm³/mol. The van der Waals surface area contributed by atoms with E-state index in [1.165, 1.54) is 0 Å². The van der Waals surface area contributed by atoms with Gasteiger partial charge in [0.25, 0.3) is 0 Å². The van der Waals surface area contributed by atoms with E-state index in [9.17, 15) is 0 Å². The Kier molecular flexibility index (Phi) is 8.97. The smallest absolute Gasteiger partial charge is 0.0887 e. The van der Waals surface area contributed by atoms with Crippen molar-refractivity contribution in [1.29, 1.82) is 0 Å². The van der Waals surface area contributed by atoms with Gasteiger partial charge >= 0.3 is 0 Å². The number of nitrogens with zero attached hydrogens (tertiary/aromatic N) is 4. The average Bonchev–Trinajstić information content (AvgIpc) is 3.23. The third-order valence-electron chi connectivity index (χ3n) is 9.67. The first-order valence-corrected chi connectivity index (χ1v) is 18.6. The monoisotopic (exact) mass is 736 g/mol. The van der Waals surface area contributed by atoms with Crippen molar-refractivity contribution < 1.29 is 0 Å². The molecular formula is C48H34Cl2N4. The largest absolute Gasteiger partial charge is 0.309 e. The van der Waals surface area contributed by atoms with E-state index < -0.39 is 0 Å². The van der Waals surface area contributed by atoms with Gasteiger partial charge in [-0.15, -0.1) is 0 Å². The minimum absolute atomic E-state index is 0.623. The molecule has 4 aromatic heterocycles. The molecule has 8 bridgehead atoms. The standard InChI is InChI=1S/C48H34Cl2N4/c49-47-43-23-13-24-44(47)52(36-17-7-2-8-18-36)41-31-33-42(34-32-41)54(38-21-11-4-12-22-38)46-26-14-25-45(48(46)50)53(37-19-9-3-10-20-37)40-29-27-39(28-30-40)51(43)35-15-5-1-6-16-35/h1-34H. The summed E-state index contributed by atoms with van der Waals surface area (Å²) >= 11 is 15.2. The van der Waals surface area contributed by atoms with Gasteiger partial charge in [-0.25, -0.2) is 0 Å². The third-order valence-corrected chi connectivity index (χ3v) is 10.4. The Morgan fingerprint density at radius 3 is 0.630 bits per heavy atom. The molecule has 6 heteroatoms. The van der Waals surface area contributed by atoms with Crippen LogP contribution in [0.3, 0.4) is 0 Å². The minimum atomic E-state index is 0.623. The van der Waals surface area contributed by atoms with E-state index in [4.69, 9.17) is 23.2 Å². The van der Waals surface area contributed by atoms with Crippen molar-refractivity contribution in [3.8, 4) is 22.7 Å². The third kappa shape index (κ3) is 6.12. The molecule has 4 heterocycles. The maximum absolute atomic E-state index is 7.60. The van der Waals surface area contributed by atoms with Crippen LogP contribution in [0.2, 0.25) is 10.0 Å². The van der Waals surface area contributed by atoms with E-state index in [2.05, 4.69) is 200 Å². The number of halogens is 2. The maximum Gasteiger partial charge on any atom is 0.0887 e. The Bertz CT molecular complexity index is 2500. The van der Waals surface area contributed by atoms with Crippen LogP contribution in [0.1, 0.15) is 0 Å². The molecule has 0 radical (unpaired) electrons. The highest BCUT2D eigenvalue weighted by molar-refractivity contribution is 6.38. The Balaban J connectivity index is 1.54. The molecule has 4 nitrogen and oxygen atoms in total. The number of aromatic nitrogens is 4. The first-order chi connectivity index (χ1) is 26.7. The van der Waals surface area contributed by atoms with Crippen molar-refractivity contribution in [1.82, 2.24) is 18.3 Å². The highest BCUT2D eigenvalue weighted by Gasteiger charge is 2.13. The number of rotatable bonds is 4. The summed E-state index contributed by atoms with van der Waals surface area (Å²) in [5, 5.41) is 1.25. The van der Waals surface area contributed by atoms with Gasteiger partial charge in [-0.05, 0) is 121 Å². The molecule has 0 spiro atoms. The van der Waals surface area contributed by atoms with Crippen LogP contribution in [0.5, 0.6) is 0 Å². The minimum Gasteiger partial charge on any atom is -0.309 e. The first-order valence-electron chi connectivity index (χ1n) is 17.8. The predicted octanol–water partition coefficient (Wildman–Crippen LogP) is 13.6. The van der Waals surface area contributed by atoms with Crippen LogP contribution < -0.4 is 0 Å². The van der Waals surface area contributed by atoms with Crippen molar-refractivity contribution in [2.24, 2.45) is 0 Å². The van der Waals surface area contributed by atoms with E-state index in [-0.39, 0.29) is 0 Å². The first kappa shape index (κ1) is 33.4. The quantitative estimate of drug-likeness (QED) is 0.171. The lowest BCUT2D eigenvalue weighted by Crippen LogP contribution is -2.02. The second-order valence-electron chi connectivity index (χ2n) is 12.9. The average molecular weight is 738 g/mol. The Morgan fingerprint density at radius 2 is 0.426 bits per heavy atom. The molecule has 0 atom stereocenters. The number of para-hydroxylation sites is 4. The zero-order valence-electron chi connectivity index (χ0n) is 29.2. The molecule has 0 aliphatic heterocycles. The zero-order valence-corrected chi connectivity index (χ0v) is 30.7. The molecule has 8 aromatic carbocycles. The van der Waals surface area contributed by atoms with Gasteiger partial charge in [0.05, 0.1) is 32.1 Å². The Labute approximate surface area is 323 Å². The topological polar surface area (TPSA) is 19.7 Å². The summed E-state index contributed by atoms with van der Waals surface area (Å²) in [5.41, 5.74) is 11.3. The number of hydrogen-bond donors (Lipinski definition) is 0. The summed E-state index contributed by atoms with van der Waals surface area (Å²) < 4.78 is 8.85. The molecule has 0 saturated carbocycles. The van der Waals surface area contributed by atoms with E-state index >= 15 is 0 Å². The van der Waals surface area contributed by atoms with Crippen LogP contribution in [0, 0.1) is 0 Å². The van der Waals surface area contributed by atoms with Crippen molar-refractivity contribution in [2.75, 3.05) is 0 Å². The fourth-order valence-electron chi connectivity index (χ4n) is 7.23. The molecule has 0 aliphatic rings. The summed E-state index contributed by atoms with van der Waals surface area (Å²) in [7, 11) is 0. The molecular weight excluding hydrogens is 703 g/mol. The van der Waals surface area contributed by atoms with Crippen LogP contribution in [0.25, 0.3) is 66.9 Å². The van der Waals surface area contributed by atoms with Crippen molar-refractivity contribution in [3.05, 3.63) is 216 Å². The second kappa shape index (κ2) is 14.5. The second-order valence-corrected chi connectivity index (χ2v) is 13.7. The number of benzene rings is 8. The lowest BCUT2D eigenvalue weighted by atomic mass is 10.2. The molecule has 54 heavy (non-hydrogen) atoms. The molecule has 0 N–H and O–H groups in total. The van der Waals surface area contributed by atoms with Gasteiger partial charge < -0.3 is 18.3 Å². The van der Waals surface area contributed by atoms with Crippen molar-refractivity contribution >= 4 is 67.3 Å². The maximum atomic E-state index is 7.60. The van der Waals surface area contributed by atoms with E-state index in [1.54, 1.807) is 0 Å². The molecule has 12 rings (SSSR count). The lowest BCUT2D eigenvalue weighted by Gasteiger charge is -2.18. The molecule has 12 aromatic rings. The summed E-state index contributed by atoms with van der Waals surface area (Å²) in [4.78, 5) is 0. The van der Waals surface area contributed by atoms with Gasteiger partial charge in [-0.2, -0.15) is 0 Å². The molecule has 0 amide bonds. The van der Waals surface area contributed by atoms with Crippen LogP contribution in [-0.2, 0) is 0 Å². The summed E-state index contributed by atoms with van der Waals surface area (Å²) in [6.45, 7) is 0. The van der Waals surface area contributed by atoms with Gasteiger partial charge in [0.2, 0.25) is 0 Å². The van der Waals surface area contributed by atoms with E-state index in [0.29, 0.717) is 10.0 Å². The van der Waals surface area contributed by atoms with Crippen LogP contribution >= 0.6 is 23.2 Å². The zero-order chi connectivity index (χ0) is 36.4. The molecule has 260 valence electrons. The summed E-state index contributed by atoms with van der Waals surface area (Å²) in [5.74, 6) is 0. The van der Waals surface area contributed by atoms with Crippen LogP contribution in [-0.4, -0.2) is 18.3 Å². The summed E-state index contributed by atoms with van der Waals surface area (Å²) in [6.07, 6.45) is 0. The molecule has 0 saturated heterocycles. The molecule has 0 fully saturated rings. The Hall–Kier alpha value is -6.46. The SMILES string of the molecule is Clc1c2cccc1n(-c1ccccc1)c1ccc(cc1)n(-c1ccccc1)c1cccc(c1Cl)n(-c1ccccc1)c1ccc(cc1)n2-c1ccccc1. The highest BCUT2D eigenvalue weighted by atomic mass is 35.5. The Morgan fingerprint density at radius 1 is 0.222 bits per heavy atom. The fourth-order valence-corrected chi connectivity index (χ4v) is 7.82. The normalized spacial score (nSPS) is 11.1. The summed E-state index contributed by atoms with van der Waals surface area (Å²) in [6, 6.07) is 71.0. The molecule has 0 aliphatic carbocycles.